The summed E-state index contributed by atoms with van der Waals surface area (Å²) in [4.78, 5) is 4.82. The summed E-state index contributed by atoms with van der Waals surface area (Å²) >= 11 is 0. The lowest BCUT2D eigenvalue weighted by Crippen LogP contribution is -2.42. The summed E-state index contributed by atoms with van der Waals surface area (Å²) in [7, 11) is 0. The number of ether oxygens (including phenoxy) is 1. The van der Waals surface area contributed by atoms with Crippen LogP contribution in [-0.2, 0) is 4.74 Å². The number of nitrogens with one attached hydrogen (secondary N) is 2. The Labute approximate surface area is 200 Å². The van der Waals surface area contributed by atoms with Gasteiger partial charge in [0, 0.05) is 38.8 Å². The van der Waals surface area contributed by atoms with Gasteiger partial charge < -0.3 is 20.5 Å². The summed E-state index contributed by atoms with van der Waals surface area (Å²) in [6.45, 7) is 12.2. The number of aliphatic hydroxyl groups is 1. The Bertz CT molecular complexity index is 607. The Morgan fingerprint density at radius 1 is 1.23 bits per heavy atom. The fraction of sp³-hybridized carbons (Fsp3) is 0.708. The first kappa shape index (κ1) is 27.2. The van der Waals surface area contributed by atoms with E-state index < -0.39 is 0 Å². The number of rotatable bonds is 10. The van der Waals surface area contributed by atoms with E-state index in [0.29, 0.717) is 17.8 Å². The van der Waals surface area contributed by atoms with Crippen LogP contribution in [0.5, 0.6) is 0 Å². The van der Waals surface area contributed by atoms with E-state index in [1.54, 1.807) is 0 Å². The Balaban J connectivity index is 0.00000450. The van der Waals surface area contributed by atoms with Gasteiger partial charge in [-0.05, 0) is 56.9 Å². The van der Waals surface area contributed by atoms with Gasteiger partial charge in [-0.15, -0.1) is 24.0 Å². The molecule has 1 saturated heterocycles. The highest BCUT2D eigenvalue weighted by molar-refractivity contribution is 14.0. The minimum absolute atomic E-state index is 0. The molecule has 2 rings (SSSR count). The van der Waals surface area contributed by atoms with E-state index in [4.69, 9.17) is 9.73 Å². The maximum absolute atomic E-state index is 9.35. The highest BCUT2D eigenvalue weighted by Crippen LogP contribution is 2.33. The number of aliphatic imine (C=N–C) groups is 1. The number of aliphatic hydroxyl groups excluding tert-OH is 1. The first-order valence-electron chi connectivity index (χ1n) is 11.3. The average Bonchev–Trinajstić information content (AvgIpc) is 2.70. The van der Waals surface area contributed by atoms with Crippen LogP contribution in [0.4, 0.5) is 0 Å². The summed E-state index contributed by atoms with van der Waals surface area (Å²) in [5, 5.41) is 16.3. The van der Waals surface area contributed by atoms with Crippen molar-refractivity contribution in [3.05, 3.63) is 35.4 Å². The molecule has 0 amide bonds. The van der Waals surface area contributed by atoms with Crippen LogP contribution in [0.15, 0.2) is 29.3 Å². The van der Waals surface area contributed by atoms with Crippen molar-refractivity contribution in [1.29, 1.82) is 0 Å². The lowest BCUT2D eigenvalue weighted by molar-refractivity contribution is -0.0265. The minimum Gasteiger partial charge on any atom is -0.396 e. The minimum atomic E-state index is 0. The third-order valence-electron chi connectivity index (χ3n) is 5.58. The molecule has 1 aromatic rings. The highest BCUT2D eigenvalue weighted by Gasteiger charge is 2.27. The van der Waals surface area contributed by atoms with Crippen LogP contribution >= 0.6 is 24.0 Å². The first-order valence-corrected chi connectivity index (χ1v) is 11.3. The lowest BCUT2D eigenvalue weighted by atomic mass is 9.89. The second-order valence-electron chi connectivity index (χ2n) is 8.71. The zero-order valence-electron chi connectivity index (χ0n) is 19.2. The van der Waals surface area contributed by atoms with Gasteiger partial charge in [-0.25, -0.2) is 0 Å². The van der Waals surface area contributed by atoms with E-state index in [1.807, 2.05) is 0 Å². The summed E-state index contributed by atoms with van der Waals surface area (Å²) in [5.41, 5.74) is 2.55. The molecule has 0 bridgehead atoms. The van der Waals surface area contributed by atoms with E-state index in [1.165, 1.54) is 11.1 Å². The third-order valence-corrected chi connectivity index (χ3v) is 5.58. The number of benzene rings is 1. The van der Waals surface area contributed by atoms with Gasteiger partial charge in [-0.3, -0.25) is 4.99 Å². The molecule has 30 heavy (non-hydrogen) atoms. The van der Waals surface area contributed by atoms with Crippen molar-refractivity contribution in [2.24, 2.45) is 22.7 Å². The molecule has 0 spiro atoms. The fourth-order valence-electron chi connectivity index (χ4n) is 4.10. The second kappa shape index (κ2) is 15.0. The highest BCUT2D eigenvalue weighted by atomic mass is 127. The molecule has 5 nitrogen and oxygen atoms in total. The number of aryl methyl sites for hydroxylation is 1. The summed E-state index contributed by atoms with van der Waals surface area (Å²) in [5.74, 6) is 2.34. The van der Waals surface area contributed by atoms with Gasteiger partial charge in [0.05, 0.1) is 6.10 Å². The smallest absolute Gasteiger partial charge is 0.191 e. The first-order chi connectivity index (χ1) is 14.0. The van der Waals surface area contributed by atoms with E-state index in [0.717, 1.165) is 57.9 Å². The van der Waals surface area contributed by atoms with Crippen LogP contribution in [0.3, 0.4) is 0 Å². The number of hydrogen-bond donors (Lipinski definition) is 3. The fourth-order valence-corrected chi connectivity index (χ4v) is 4.10. The summed E-state index contributed by atoms with van der Waals surface area (Å²) < 4.78 is 6.15. The van der Waals surface area contributed by atoms with Gasteiger partial charge in [0.1, 0.15) is 0 Å². The van der Waals surface area contributed by atoms with Gasteiger partial charge in [0.15, 0.2) is 5.96 Å². The molecule has 3 unspecified atom stereocenters. The van der Waals surface area contributed by atoms with Gasteiger partial charge in [-0.2, -0.15) is 0 Å². The Morgan fingerprint density at radius 3 is 2.60 bits per heavy atom. The normalized spacial score (nSPS) is 20.5. The van der Waals surface area contributed by atoms with E-state index >= 15 is 0 Å². The molecule has 172 valence electrons. The zero-order valence-corrected chi connectivity index (χ0v) is 21.5. The van der Waals surface area contributed by atoms with Crippen LogP contribution in [0.1, 0.15) is 63.7 Å². The quantitative estimate of drug-likeness (QED) is 0.233. The Morgan fingerprint density at radius 2 is 1.97 bits per heavy atom. The predicted octanol–water partition coefficient (Wildman–Crippen LogP) is 4.68. The van der Waals surface area contributed by atoms with Crippen LogP contribution in [0.2, 0.25) is 0 Å². The molecule has 3 atom stereocenters. The molecule has 0 aliphatic carbocycles. The van der Waals surface area contributed by atoms with Crippen LogP contribution in [-0.4, -0.2) is 43.9 Å². The van der Waals surface area contributed by atoms with Crippen molar-refractivity contribution in [3.8, 4) is 0 Å². The molecule has 0 radical (unpaired) electrons. The number of nitrogens with zero attached hydrogens (tertiary/aromatic N) is 1. The molecule has 1 aromatic carbocycles. The van der Waals surface area contributed by atoms with Crippen molar-refractivity contribution < 1.29 is 9.84 Å². The van der Waals surface area contributed by atoms with Crippen molar-refractivity contribution >= 4 is 29.9 Å². The standard InChI is InChI=1S/C24H41N3O2.HI/c1-5-25-24(26-16-20(12-13-28)15-18(2)3)27-17-22-7-6-14-29-23(22)21-10-8-19(4)9-11-21;/h8-11,18,20,22-23,28H,5-7,12-17H2,1-4H3,(H2,25,26,27);1H. The van der Waals surface area contributed by atoms with E-state index in [-0.39, 0.29) is 36.7 Å². The molecule has 6 heteroatoms. The van der Waals surface area contributed by atoms with Gasteiger partial charge in [-0.1, -0.05) is 43.7 Å². The lowest BCUT2D eigenvalue weighted by Gasteiger charge is -2.32. The SMILES string of the molecule is CCNC(=NCC(CCO)CC(C)C)NCC1CCCOC1c1ccc(C)cc1.I. The number of halogens is 1. The average molecular weight is 532 g/mol. The molecule has 0 saturated carbocycles. The topological polar surface area (TPSA) is 65.9 Å². The maximum atomic E-state index is 9.35. The molecular formula is C24H42IN3O2. The monoisotopic (exact) mass is 531 g/mol. The molecule has 0 aromatic heterocycles. The number of guanidine groups is 1. The number of hydrogen-bond acceptors (Lipinski definition) is 3. The van der Waals surface area contributed by atoms with Gasteiger partial charge in [0.2, 0.25) is 0 Å². The van der Waals surface area contributed by atoms with E-state index in [2.05, 4.69) is 62.6 Å². The van der Waals surface area contributed by atoms with Crippen LogP contribution in [0, 0.1) is 24.7 Å². The van der Waals surface area contributed by atoms with E-state index in [9.17, 15) is 5.11 Å². The van der Waals surface area contributed by atoms with Gasteiger partial charge in [0.25, 0.3) is 0 Å². The van der Waals surface area contributed by atoms with Crippen molar-refractivity contribution in [3.63, 3.8) is 0 Å². The molecule has 1 fully saturated rings. The molecular weight excluding hydrogens is 489 g/mol. The molecule has 1 aliphatic rings. The predicted molar refractivity (Wildman–Crippen MR) is 137 cm³/mol. The van der Waals surface area contributed by atoms with Crippen molar-refractivity contribution in [2.75, 3.05) is 32.8 Å². The molecule has 3 N–H and O–H groups in total. The molecule has 1 aliphatic heterocycles. The zero-order chi connectivity index (χ0) is 21.1. The largest absolute Gasteiger partial charge is 0.396 e. The van der Waals surface area contributed by atoms with Crippen molar-refractivity contribution in [2.45, 2.75) is 59.5 Å². The van der Waals surface area contributed by atoms with Crippen molar-refractivity contribution in [1.82, 2.24) is 10.6 Å². The molecule has 1 heterocycles. The summed E-state index contributed by atoms with van der Waals surface area (Å²) in [6.07, 6.45) is 4.31. The Kier molecular flexibility index (Phi) is 13.6. The third kappa shape index (κ3) is 9.52. The van der Waals surface area contributed by atoms with Crippen LogP contribution in [0.25, 0.3) is 0 Å². The summed E-state index contributed by atoms with van der Waals surface area (Å²) in [6, 6.07) is 8.73. The Hall–Kier alpha value is -0.860. The maximum Gasteiger partial charge on any atom is 0.191 e. The van der Waals surface area contributed by atoms with Gasteiger partial charge >= 0.3 is 0 Å². The second-order valence-corrected chi connectivity index (χ2v) is 8.71. The van der Waals surface area contributed by atoms with Crippen LogP contribution < -0.4 is 10.6 Å².